The fourth-order valence-electron chi connectivity index (χ4n) is 3.77. The zero-order valence-electron chi connectivity index (χ0n) is 18.6. The van der Waals surface area contributed by atoms with Crippen molar-refractivity contribution in [2.24, 2.45) is 0 Å². The number of ether oxygens (including phenoxy) is 3. The van der Waals surface area contributed by atoms with Gasteiger partial charge >= 0.3 is 0 Å². The van der Waals surface area contributed by atoms with Crippen LogP contribution in [0.3, 0.4) is 0 Å². The van der Waals surface area contributed by atoms with Gasteiger partial charge in [0.05, 0.1) is 38.6 Å². The summed E-state index contributed by atoms with van der Waals surface area (Å²) in [5, 5.41) is 6.30. The van der Waals surface area contributed by atoms with Gasteiger partial charge in [-0.15, -0.1) is 11.3 Å². The molecular weight excluding hydrogens is 442 g/mol. The van der Waals surface area contributed by atoms with Crippen LogP contribution in [0.4, 0.5) is 10.8 Å². The number of methoxy groups -OCH3 is 3. The van der Waals surface area contributed by atoms with Crippen LogP contribution in [-0.2, 0) is 11.2 Å². The van der Waals surface area contributed by atoms with Crippen molar-refractivity contribution in [3.8, 4) is 17.2 Å². The molecule has 0 bridgehead atoms. The van der Waals surface area contributed by atoms with E-state index in [2.05, 4.69) is 15.6 Å². The largest absolute Gasteiger partial charge is 0.497 e. The van der Waals surface area contributed by atoms with Crippen LogP contribution >= 0.6 is 11.3 Å². The lowest BCUT2D eigenvalue weighted by atomic mass is 9.90. The Morgan fingerprint density at radius 3 is 2.39 bits per heavy atom. The second kappa shape index (κ2) is 9.91. The standard InChI is InChI=1S/C24H25N3O5S/c1-30-15-9-7-14(8-10-15)22(28)27-24-26-21-17(5-4-6-20(21)33-24)23(29)25-18-13-16(31-2)11-12-19(18)32-3/h7-13,17H,4-6H2,1-3H3,(H,25,29)(H,26,27,28). The molecule has 0 saturated carbocycles. The highest BCUT2D eigenvalue weighted by Gasteiger charge is 2.31. The fourth-order valence-corrected chi connectivity index (χ4v) is 4.83. The molecule has 0 aliphatic heterocycles. The summed E-state index contributed by atoms with van der Waals surface area (Å²) in [5.74, 6) is 1.01. The number of aromatic nitrogens is 1. The quantitative estimate of drug-likeness (QED) is 0.532. The Labute approximate surface area is 195 Å². The van der Waals surface area contributed by atoms with Crippen molar-refractivity contribution in [3.05, 3.63) is 58.6 Å². The maximum Gasteiger partial charge on any atom is 0.257 e. The van der Waals surface area contributed by atoms with Crippen molar-refractivity contribution in [1.82, 2.24) is 4.98 Å². The molecule has 8 nitrogen and oxygen atoms in total. The second-order valence-corrected chi connectivity index (χ2v) is 8.59. The molecule has 3 aromatic rings. The summed E-state index contributed by atoms with van der Waals surface area (Å²) in [6.07, 6.45) is 2.38. The first-order valence-electron chi connectivity index (χ1n) is 10.5. The topological polar surface area (TPSA) is 98.8 Å². The average molecular weight is 468 g/mol. The highest BCUT2D eigenvalue weighted by molar-refractivity contribution is 7.16. The highest BCUT2D eigenvalue weighted by Crippen LogP contribution is 2.38. The SMILES string of the molecule is COc1ccc(C(=O)Nc2nc3c(s2)CCCC3C(=O)Nc2cc(OC)ccc2OC)cc1. The Hall–Kier alpha value is -3.59. The number of amides is 2. The summed E-state index contributed by atoms with van der Waals surface area (Å²) in [5.41, 5.74) is 1.76. The molecule has 1 aliphatic rings. The molecule has 0 fully saturated rings. The molecule has 1 aromatic heterocycles. The number of nitrogens with one attached hydrogen (secondary N) is 2. The minimum atomic E-state index is -0.410. The average Bonchev–Trinajstić information content (AvgIpc) is 3.26. The summed E-state index contributed by atoms with van der Waals surface area (Å²) in [7, 11) is 4.69. The van der Waals surface area contributed by atoms with Crippen molar-refractivity contribution < 1.29 is 23.8 Å². The Kier molecular flexibility index (Phi) is 6.79. The zero-order valence-corrected chi connectivity index (χ0v) is 19.5. The summed E-state index contributed by atoms with van der Waals surface area (Å²) < 4.78 is 15.8. The molecule has 172 valence electrons. The minimum absolute atomic E-state index is 0.166. The van der Waals surface area contributed by atoms with Gasteiger partial charge < -0.3 is 19.5 Å². The molecule has 0 spiro atoms. The van der Waals surface area contributed by atoms with Gasteiger partial charge in [0.15, 0.2) is 5.13 Å². The Morgan fingerprint density at radius 1 is 0.970 bits per heavy atom. The highest BCUT2D eigenvalue weighted by atomic mass is 32.1. The van der Waals surface area contributed by atoms with E-state index in [1.54, 1.807) is 63.8 Å². The van der Waals surface area contributed by atoms with Crippen LogP contribution in [0.5, 0.6) is 17.2 Å². The number of carbonyl (C=O) groups excluding carboxylic acids is 2. The molecule has 2 N–H and O–H groups in total. The van der Waals surface area contributed by atoms with Gasteiger partial charge in [-0.25, -0.2) is 4.98 Å². The number of rotatable bonds is 7. The normalized spacial score (nSPS) is 14.7. The number of nitrogens with zero attached hydrogens (tertiary/aromatic N) is 1. The lowest BCUT2D eigenvalue weighted by Gasteiger charge is -2.21. The van der Waals surface area contributed by atoms with Gasteiger partial charge in [-0.3, -0.25) is 14.9 Å². The first-order chi connectivity index (χ1) is 16.0. The van der Waals surface area contributed by atoms with Crippen molar-refractivity contribution in [2.75, 3.05) is 32.0 Å². The first kappa shape index (κ1) is 22.6. The number of carbonyl (C=O) groups is 2. The van der Waals surface area contributed by atoms with Crippen molar-refractivity contribution >= 4 is 34.0 Å². The van der Waals surface area contributed by atoms with Gasteiger partial charge in [-0.1, -0.05) is 0 Å². The summed E-state index contributed by atoms with van der Waals surface area (Å²) in [6, 6.07) is 12.1. The van der Waals surface area contributed by atoms with Crippen molar-refractivity contribution in [1.29, 1.82) is 0 Å². The van der Waals surface area contributed by atoms with E-state index in [9.17, 15) is 9.59 Å². The van der Waals surface area contributed by atoms with Crippen LogP contribution in [-0.4, -0.2) is 38.1 Å². The van der Waals surface area contributed by atoms with Crippen LogP contribution in [0.2, 0.25) is 0 Å². The summed E-state index contributed by atoms with van der Waals surface area (Å²) in [4.78, 5) is 31.4. The number of thiazole rings is 1. The van der Waals surface area contributed by atoms with Crippen LogP contribution < -0.4 is 24.8 Å². The van der Waals surface area contributed by atoms with Gasteiger partial charge in [0, 0.05) is 16.5 Å². The Bertz CT molecular complexity index is 1160. The van der Waals surface area contributed by atoms with E-state index >= 15 is 0 Å². The van der Waals surface area contributed by atoms with E-state index in [0.717, 1.165) is 23.4 Å². The zero-order chi connectivity index (χ0) is 23.4. The molecule has 9 heteroatoms. The van der Waals surface area contributed by atoms with Crippen LogP contribution in [0.25, 0.3) is 0 Å². The maximum absolute atomic E-state index is 13.2. The van der Waals surface area contributed by atoms with E-state index in [0.29, 0.717) is 40.1 Å². The number of anilines is 2. The molecule has 0 saturated heterocycles. The molecule has 33 heavy (non-hydrogen) atoms. The number of aryl methyl sites for hydroxylation is 1. The van der Waals surface area contributed by atoms with E-state index < -0.39 is 5.92 Å². The molecule has 1 unspecified atom stereocenters. The van der Waals surface area contributed by atoms with E-state index in [1.807, 2.05) is 0 Å². The number of benzene rings is 2. The third-order valence-corrected chi connectivity index (χ3v) is 6.55. The lowest BCUT2D eigenvalue weighted by molar-refractivity contribution is -0.118. The third kappa shape index (κ3) is 4.93. The van der Waals surface area contributed by atoms with Gasteiger partial charge in [0.25, 0.3) is 5.91 Å². The van der Waals surface area contributed by atoms with Gasteiger partial charge in [0.2, 0.25) is 5.91 Å². The summed E-state index contributed by atoms with van der Waals surface area (Å²) >= 11 is 1.41. The Morgan fingerprint density at radius 2 is 1.70 bits per heavy atom. The maximum atomic E-state index is 13.2. The first-order valence-corrected chi connectivity index (χ1v) is 11.3. The molecule has 1 heterocycles. The fraction of sp³-hybridized carbons (Fsp3) is 0.292. The van der Waals surface area contributed by atoms with Crippen LogP contribution in [0, 0.1) is 0 Å². The van der Waals surface area contributed by atoms with Crippen molar-refractivity contribution in [3.63, 3.8) is 0 Å². The molecule has 4 rings (SSSR count). The van der Waals surface area contributed by atoms with Crippen LogP contribution in [0.15, 0.2) is 42.5 Å². The predicted molar refractivity (Wildman–Crippen MR) is 127 cm³/mol. The van der Waals surface area contributed by atoms with Gasteiger partial charge in [0.1, 0.15) is 17.2 Å². The minimum Gasteiger partial charge on any atom is -0.497 e. The number of hydrogen-bond donors (Lipinski definition) is 2. The monoisotopic (exact) mass is 467 g/mol. The smallest absolute Gasteiger partial charge is 0.257 e. The number of hydrogen-bond acceptors (Lipinski definition) is 7. The van der Waals surface area contributed by atoms with E-state index in [-0.39, 0.29) is 11.8 Å². The molecule has 1 aliphatic carbocycles. The van der Waals surface area contributed by atoms with Gasteiger partial charge in [-0.2, -0.15) is 0 Å². The van der Waals surface area contributed by atoms with Gasteiger partial charge in [-0.05, 0) is 55.7 Å². The molecule has 1 atom stereocenters. The second-order valence-electron chi connectivity index (χ2n) is 7.51. The Balaban J connectivity index is 1.51. The molecule has 2 amide bonds. The molecule has 0 radical (unpaired) electrons. The van der Waals surface area contributed by atoms with Crippen LogP contribution in [0.1, 0.15) is 39.7 Å². The lowest BCUT2D eigenvalue weighted by Crippen LogP contribution is -2.25. The molecular formula is C24H25N3O5S. The van der Waals surface area contributed by atoms with Crippen molar-refractivity contribution in [2.45, 2.75) is 25.2 Å². The van der Waals surface area contributed by atoms with E-state index in [1.165, 1.54) is 11.3 Å². The summed E-state index contributed by atoms with van der Waals surface area (Å²) in [6.45, 7) is 0. The van der Waals surface area contributed by atoms with E-state index in [4.69, 9.17) is 14.2 Å². The number of fused-ring (bicyclic) bond motifs is 1. The third-order valence-electron chi connectivity index (χ3n) is 5.51. The predicted octanol–water partition coefficient (Wildman–Crippen LogP) is 4.48. The molecule has 2 aromatic carbocycles.